The number of aromatic nitrogens is 2. The molecule has 12 nitrogen and oxygen atoms in total. The molecule has 1 aliphatic heterocycles. The van der Waals surface area contributed by atoms with Gasteiger partial charge in [-0.1, -0.05) is 25.9 Å². The molecule has 1 aliphatic rings. The maximum Gasteiger partial charge on any atom is 0.351 e. The van der Waals surface area contributed by atoms with Crippen LogP contribution in [0.1, 0.15) is 33.4 Å². The molecule has 13 heteroatoms. The molecule has 4 atom stereocenters. The van der Waals surface area contributed by atoms with Crippen molar-refractivity contribution >= 4 is 17.8 Å². The molecule has 0 radical (unpaired) electrons. The highest BCUT2D eigenvalue weighted by Gasteiger charge is 2.59. The number of esters is 2. The van der Waals surface area contributed by atoms with Crippen LogP contribution in [-0.4, -0.2) is 52.5 Å². The molecule has 1 saturated heterocycles. The molecule has 1 aromatic heterocycles. The van der Waals surface area contributed by atoms with Gasteiger partial charge in [-0.15, -0.1) is 0 Å². The van der Waals surface area contributed by atoms with Crippen molar-refractivity contribution in [3.05, 3.63) is 33.2 Å². The Labute approximate surface area is 170 Å². The van der Waals surface area contributed by atoms with Crippen LogP contribution in [0.5, 0.6) is 0 Å². The van der Waals surface area contributed by atoms with Gasteiger partial charge in [0.15, 0.2) is 24.1 Å². The van der Waals surface area contributed by atoms with E-state index in [0.717, 1.165) is 4.57 Å². The van der Waals surface area contributed by atoms with Crippen molar-refractivity contribution in [3.63, 3.8) is 0 Å². The van der Waals surface area contributed by atoms with E-state index >= 15 is 4.39 Å². The van der Waals surface area contributed by atoms with Gasteiger partial charge in [-0.05, 0) is 11.6 Å². The summed E-state index contributed by atoms with van der Waals surface area (Å²) in [6.45, 7) is 3.59. The molecule has 2 heterocycles. The van der Waals surface area contributed by atoms with Crippen LogP contribution < -0.4 is 11.4 Å². The van der Waals surface area contributed by atoms with Gasteiger partial charge < -0.3 is 19.9 Å². The van der Waals surface area contributed by atoms with E-state index in [0.29, 0.717) is 0 Å². The first-order chi connectivity index (χ1) is 14.1. The van der Waals surface area contributed by atoms with E-state index in [4.69, 9.17) is 25.5 Å². The number of nitrogens with zero attached hydrogens (tertiary/aromatic N) is 5. The van der Waals surface area contributed by atoms with Crippen LogP contribution in [0.25, 0.3) is 10.4 Å². The Kier molecular flexibility index (Phi) is 7.35. The van der Waals surface area contributed by atoms with E-state index in [1.807, 2.05) is 0 Å². The molecular formula is C17H23FN6O6. The largest absolute Gasteiger partial charge is 0.462 e. The summed E-state index contributed by atoms with van der Waals surface area (Å²) in [5, 5.41) is 3.41. The van der Waals surface area contributed by atoms with Crippen molar-refractivity contribution in [2.75, 3.05) is 18.9 Å². The Morgan fingerprint density at radius 2 is 2.23 bits per heavy atom. The SMILES string of the molecule is CCC(=O)O[C@H]1[C@@H](F)[C@H](n2ccc(N)nc2=O)O[C@]1(CN=[N+]=[N-])COC(=O)C(C)C. The van der Waals surface area contributed by atoms with E-state index in [-0.39, 0.29) is 12.2 Å². The van der Waals surface area contributed by atoms with E-state index in [2.05, 4.69) is 15.0 Å². The monoisotopic (exact) mass is 426 g/mol. The summed E-state index contributed by atoms with van der Waals surface area (Å²) < 4.78 is 32.4. The second-order valence-corrected chi connectivity index (χ2v) is 6.98. The third kappa shape index (κ3) is 4.86. The Morgan fingerprint density at radius 3 is 2.80 bits per heavy atom. The van der Waals surface area contributed by atoms with Crippen molar-refractivity contribution < 1.29 is 28.2 Å². The molecule has 0 saturated carbocycles. The first-order valence-corrected chi connectivity index (χ1v) is 9.18. The highest BCUT2D eigenvalue weighted by atomic mass is 19.1. The van der Waals surface area contributed by atoms with E-state index in [1.54, 1.807) is 13.8 Å². The number of nitrogens with two attached hydrogens (primary N) is 1. The number of anilines is 1. The van der Waals surface area contributed by atoms with Gasteiger partial charge in [0.1, 0.15) is 12.4 Å². The zero-order valence-corrected chi connectivity index (χ0v) is 16.7. The van der Waals surface area contributed by atoms with Gasteiger partial charge in [0, 0.05) is 17.5 Å². The number of halogens is 1. The van der Waals surface area contributed by atoms with E-state index in [1.165, 1.54) is 19.2 Å². The normalized spacial score (nSPS) is 25.6. The minimum Gasteiger partial charge on any atom is -0.462 e. The Morgan fingerprint density at radius 1 is 1.53 bits per heavy atom. The molecule has 0 unspecified atom stereocenters. The number of carbonyl (C=O) groups excluding carboxylic acids is 2. The van der Waals surface area contributed by atoms with Crippen molar-refractivity contribution in [1.82, 2.24) is 9.55 Å². The zero-order chi connectivity index (χ0) is 22.5. The molecule has 1 fully saturated rings. The smallest absolute Gasteiger partial charge is 0.351 e. The quantitative estimate of drug-likeness (QED) is 0.280. The lowest BCUT2D eigenvalue weighted by Gasteiger charge is -2.32. The number of carbonyl (C=O) groups is 2. The van der Waals surface area contributed by atoms with Crippen LogP contribution in [0.2, 0.25) is 0 Å². The average molecular weight is 426 g/mol. The summed E-state index contributed by atoms with van der Waals surface area (Å²) in [5.74, 6) is -1.95. The van der Waals surface area contributed by atoms with Gasteiger partial charge in [-0.3, -0.25) is 14.2 Å². The molecule has 0 spiro atoms. The topological polar surface area (TPSA) is 172 Å². The molecule has 0 aliphatic carbocycles. The molecule has 0 aromatic carbocycles. The first-order valence-electron chi connectivity index (χ1n) is 9.18. The summed E-state index contributed by atoms with van der Waals surface area (Å²) >= 11 is 0. The summed E-state index contributed by atoms with van der Waals surface area (Å²) in [6, 6.07) is 1.26. The number of hydrogen-bond donors (Lipinski definition) is 1. The van der Waals surface area contributed by atoms with Crippen molar-refractivity contribution in [2.24, 2.45) is 11.0 Å². The lowest BCUT2D eigenvalue weighted by Crippen LogP contribution is -2.51. The van der Waals surface area contributed by atoms with E-state index < -0.39 is 60.8 Å². The average Bonchev–Trinajstić information content (AvgIpc) is 2.96. The Balaban J connectivity index is 2.49. The van der Waals surface area contributed by atoms with Gasteiger partial charge in [0.2, 0.25) is 0 Å². The number of hydrogen-bond acceptors (Lipinski definition) is 9. The summed E-state index contributed by atoms with van der Waals surface area (Å²) in [4.78, 5) is 42.2. The number of nitrogen functional groups attached to an aromatic ring is 1. The molecule has 2 rings (SSSR count). The number of alkyl halides is 1. The summed E-state index contributed by atoms with van der Waals surface area (Å²) in [7, 11) is 0. The van der Waals surface area contributed by atoms with Gasteiger partial charge >= 0.3 is 17.6 Å². The van der Waals surface area contributed by atoms with Crippen LogP contribution in [0, 0.1) is 5.92 Å². The van der Waals surface area contributed by atoms with Crippen molar-refractivity contribution in [1.29, 1.82) is 0 Å². The fraction of sp³-hybridized carbons (Fsp3) is 0.647. The predicted molar refractivity (Wildman–Crippen MR) is 101 cm³/mol. The standard InChI is InChI=1S/C17H23FN6O6/c1-4-11(25)29-13-12(18)14(24-6-5-10(19)22-16(24)27)30-17(13,7-21-23-20)8-28-15(26)9(2)3/h5-6,9,12-14H,4,7-8H2,1-3H3,(H2,19,22,27)/t12-,13+,14-,17-/m1/s1. The fourth-order valence-electron chi connectivity index (χ4n) is 2.84. The third-order valence-electron chi connectivity index (χ3n) is 4.44. The van der Waals surface area contributed by atoms with Crippen LogP contribution in [0.15, 0.2) is 22.2 Å². The van der Waals surface area contributed by atoms with Crippen LogP contribution in [0.3, 0.4) is 0 Å². The van der Waals surface area contributed by atoms with Crippen LogP contribution in [-0.2, 0) is 23.8 Å². The Bertz CT molecular complexity index is 901. The molecule has 2 N–H and O–H groups in total. The fourth-order valence-corrected chi connectivity index (χ4v) is 2.84. The van der Waals surface area contributed by atoms with Gasteiger partial charge in [0.25, 0.3) is 0 Å². The number of azide groups is 1. The predicted octanol–water partition coefficient (Wildman–Crippen LogP) is 1.26. The molecule has 164 valence electrons. The lowest BCUT2D eigenvalue weighted by molar-refractivity contribution is -0.177. The highest BCUT2D eigenvalue weighted by molar-refractivity contribution is 5.71. The van der Waals surface area contributed by atoms with Crippen molar-refractivity contribution in [2.45, 2.75) is 51.3 Å². The van der Waals surface area contributed by atoms with Gasteiger partial charge in [0.05, 0.1) is 12.5 Å². The second-order valence-electron chi connectivity index (χ2n) is 6.98. The van der Waals surface area contributed by atoms with E-state index in [9.17, 15) is 14.4 Å². The lowest BCUT2D eigenvalue weighted by atomic mass is 9.96. The summed E-state index contributed by atoms with van der Waals surface area (Å²) in [5.41, 5.74) is 11.5. The van der Waals surface area contributed by atoms with Gasteiger partial charge in [-0.2, -0.15) is 4.98 Å². The maximum absolute atomic E-state index is 15.4. The molecule has 30 heavy (non-hydrogen) atoms. The second kappa shape index (κ2) is 9.55. The molecule has 0 amide bonds. The minimum atomic E-state index is -2.06. The van der Waals surface area contributed by atoms with Crippen LogP contribution >= 0.6 is 0 Å². The molecule has 0 bridgehead atoms. The van der Waals surface area contributed by atoms with Crippen molar-refractivity contribution in [3.8, 4) is 0 Å². The number of ether oxygens (including phenoxy) is 3. The number of rotatable bonds is 8. The minimum absolute atomic E-state index is 0.0688. The third-order valence-corrected chi connectivity index (χ3v) is 4.44. The van der Waals surface area contributed by atoms with Crippen LogP contribution in [0.4, 0.5) is 10.2 Å². The molecular weight excluding hydrogens is 403 g/mol. The Hall–Kier alpha value is -3.18. The zero-order valence-electron chi connectivity index (χ0n) is 16.7. The molecule has 1 aromatic rings. The highest BCUT2D eigenvalue weighted by Crippen LogP contribution is 2.41. The maximum atomic E-state index is 15.4. The summed E-state index contributed by atoms with van der Waals surface area (Å²) in [6.07, 6.45) is -4.17. The first kappa shape index (κ1) is 23.1. The van der Waals surface area contributed by atoms with Gasteiger partial charge in [-0.25, -0.2) is 9.18 Å².